The summed E-state index contributed by atoms with van der Waals surface area (Å²) in [4.78, 5) is 27.2. The molecule has 2 amide bonds. The molecule has 0 bridgehead atoms. The number of likely N-dealkylation sites (tertiary alicyclic amines) is 2. The van der Waals surface area contributed by atoms with Crippen molar-refractivity contribution in [3.8, 4) is 11.8 Å². The van der Waals surface area contributed by atoms with E-state index in [0.29, 0.717) is 34.0 Å². The minimum Gasteiger partial charge on any atom is -0.444 e. The van der Waals surface area contributed by atoms with Crippen LogP contribution in [0.2, 0.25) is 29.7 Å². The monoisotopic (exact) mass is 988 g/mol. The Kier molecular flexibility index (Phi) is 22.5. The summed E-state index contributed by atoms with van der Waals surface area (Å²) >= 11 is 21.5. The molecule has 10 nitrogen and oxygen atoms in total. The van der Waals surface area contributed by atoms with Crippen LogP contribution in [0.1, 0.15) is 79.4 Å². The van der Waals surface area contributed by atoms with E-state index in [1.54, 1.807) is 53.7 Å². The first-order chi connectivity index (χ1) is 28.9. The highest BCUT2D eigenvalue weighted by Gasteiger charge is 2.69. The van der Waals surface area contributed by atoms with E-state index in [2.05, 4.69) is 11.8 Å². The smallest absolute Gasteiger partial charge is 0.444 e. The van der Waals surface area contributed by atoms with Crippen molar-refractivity contribution in [3.63, 3.8) is 0 Å². The van der Waals surface area contributed by atoms with Gasteiger partial charge in [-0.25, -0.2) is 23.6 Å². The third-order valence-electron chi connectivity index (χ3n) is 9.63. The number of hydrogen-bond donors (Lipinski definition) is 1. The third-order valence-corrected chi connectivity index (χ3v) is 10.8. The molecule has 2 aromatic rings. The van der Waals surface area contributed by atoms with E-state index in [1.807, 2.05) is 33.5 Å². The summed E-state index contributed by atoms with van der Waals surface area (Å²) in [7, 11) is -4.99. The molecule has 2 unspecified atom stereocenters. The van der Waals surface area contributed by atoms with Crippen molar-refractivity contribution in [2.75, 3.05) is 31.6 Å². The van der Waals surface area contributed by atoms with Crippen LogP contribution in [0.15, 0.2) is 36.4 Å². The number of fused-ring (bicyclic) bond motifs is 2. The van der Waals surface area contributed by atoms with Crippen molar-refractivity contribution in [2.45, 2.75) is 122 Å². The first-order valence-corrected chi connectivity index (χ1v) is 25.3. The first-order valence-electron chi connectivity index (χ1n) is 20.0. The van der Waals surface area contributed by atoms with E-state index < -0.39 is 62.1 Å². The van der Waals surface area contributed by atoms with E-state index in [1.165, 1.54) is 34.1 Å². The lowest BCUT2D eigenvalue weighted by atomic mass is 9.94. The van der Waals surface area contributed by atoms with Gasteiger partial charge in [-0.1, -0.05) is 42.8 Å². The van der Waals surface area contributed by atoms with Crippen LogP contribution in [-0.2, 0) is 25.0 Å². The van der Waals surface area contributed by atoms with Gasteiger partial charge in [-0.2, -0.15) is 5.26 Å². The number of carbonyl (C=O) groups excluding carboxylic acids is 2. The number of amides is 2. The first kappa shape index (κ1) is 58.0. The number of nitriles is 2. The Labute approximate surface area is 390 Å². The lowest BCUT2D eigenvalue weighted by Gasteiger charge is -2.28. The van der Waals surface area contributed by atoms with Crippen molar-refractivity contribution in [3.05, 3.63) is 69.2 Å². The molecule has 1 N–H and O–H groups in total. The van der Waals surface area contributed by atoms with Crippen LogP contribution in [0.3, 0.4) is 0 Å². The number of alkyl halides is 2. The molecule has 2 aliphatic carbocycles. The molecule has 0 spiro atoms. The zero-order chi connectivity index (χ0) is 48.9. The molecule has 6 atom stereocenters. The van der Waals surface area contributed by atoms with E-state index in [4.69, 9.17) is 65.9 Å². The number of benzene rings is 2. The molecule has 4 aliphatic rings. The second-order valence-electron chi connectivity index (χ2n) is 17.9. The summed E-state index contributed by atoms with van der Waals surface area (Å²) in [5.74, 6) is -0.953. The number of ether oxygens (including phenoxy) is 3. The van der Waals surface area contributed by atoms with Crippen molar-refractivity contribution in [1.82, 2.24) is 9.80 Å². The molecular weight excluding hydrogens is 932 g/mol. The Morgan fingerprint density at radius 1 is 0.810 bits per heavy atom. The molecule has 2 aromatic carbocycles. The Hall–Kier alpha value is -3.03. The number of carbonyl (C=O) groups is 2. The summed E-state index contributed by atoms with van der Waals surface area (Å²) in [6.45, 7) is 22.9. The summed E-state index contributed by atoms with van der Waals surface area (Å²) in [6, 6.07) is 10.4. The van der Waals surface area contributed by atoms with Gasteiger partial charge in [0.2, 0.25) is 0 Å². The average molecular weight is 991 g/mol. The Bertz CT molecular complexity index is 1910. The van der Waals surface area contributed by atoms with Crippen LogP contribution in [0.4, 0.5) is 31.3 Å². The van der Waals surface area contributed by atoms with Gasteiger partial charge in [0, 0.05) is 64.7 Å². The van der Waals surface area contributed by atoms with E-state index in [-0.39, 0.29) is 41.9 Å². The van der Waals surface area contributed by atoms with Crippen molar-refractivity contribution < 1.29 is 50.6 Å². The van der Waals surface area contributed by atoms with Crippen LogP contribution >= 0.6 is 46.4 Å². The predicted molar refractivity (Wildman–Crippen MR) is 240 cm³/mol. The van der Waals surface area contributed by atoms with Gasteiger partial charge in [0.05, 0.1) is 11.4 Å². The maximum Gasteiger partial charge on any atom is 0.762 e. The molecule has 2 heterocycles. The normalized spacial score (nSPS) is 23.5. The fourth-order valence-electron chi connectivity index (χ4n) is 6.97. The van der Waals surface area contributed by atoms with Gasteiger partial charge in [-0.15, -0.1) is 23.2 Å². The highest BCUT2D eigenvalue weighted by Crippen LogP contribution is 2.63. The van der Waals surface area contributed by atoms with Gasteiger partial charge in [0.15, 0.2) is 8.07 Å². The number of rotatable bonds is 4. The Balaban J connectivity index is 0.000000457. The summed E-state index contributed by atoms with van der Waals surface area (Å²) in [6.07, 6.45) is -0.729. The van der Waals surface area contributed by atoms with E-state index in [0.717, 1.165) is 13.2 Å². The molecular formula is C42H58BCl4F5N4O6Si. The number of halogens is 9. The minimum absolute atomic E-state index is 0.0759. The van der Waals surface area contributed by atoms with Crippen LogP contribution < -0.4 is 0 Å². The highest BCUT2D eigenvalue weighted by molar-refractivity contribution is 6.83. The third kappa shape index (κ3) is 17.7. The zero-order valence-electron chi connectivity index (χ0n) is 37.5. The lowest BCUT2D eigenvalue weighted by Crippen LogP contribution is -2.42. The zero-order valence-corrected chi connectivity index (χ0v) is 41.5. The second kappa shape index (κ2) is 24.5. The maximum absolute atomic E-state index is 14.2. The SMILES string of the molecule is CC(C)(C)OC(=O)N1C[C@@]2(c3cc(Cl)ccc3F)C[C@H]2C1C#N.CC(C)(C)OC(=O)N1C[C@@]2(c3cc(Cl)ccc3F)C[C@H]2C1O.CCOCC.C[Si](C)(C)C#N.ClCCl.FB(F)F. The number of piperidine rings is 2. The van der Waals surface area contributed by atoms with Gasteiger partial charge < -0.3 is 19.3 Å². The van der Waals surface area contributed by atoms with Crippen LogP contribution in [0.5, 0.6) is 0 Å². The summed E-state index contributed by atoms with van der Waals surface area (Å²) in [5.41, 5.74) is 0.845. The Morgan fingerprint density at radius 3 is 1.49 bits per heavy atom. The summed E-state index contributed by atoms with van der Waals surface area (Å²) in [5, 5.41) is 29.1. The molecule has 21 heteroatoms. The topological polar surface area (TPSA) is 136 Å². The van der Waals surface area contributed by atoms with Gasteiger partial charge >= 0.3 is 19.7 Å². The highest BCUT2D eigenvalue weighted by atomic mass is 35.5. The number of aliphatic hydroxyl groups is 1. The predicted octanol–water partition coefficient (Wildman–Crippen LogP) is 11.9. The average Bonchev–Trinajstić information content (AvgIpc) is 4.01. The van der Waals surface area contributed by atoms with Crippen molar-refractivity contribution >= 4 is 74.2 Å². The molecule has 63 heavy (non-hydrogen) atoms. The van der Waals surface area contributed by atoms with Crippen LogP contribution in [0.25, 0.3) is 0 Å². The molecule has 6 rings (SSSR count). The fourth-order valence-corrected chi connectivity index (χ4v) is 7.32. The molecule has 4 fully saturated rings. The van der Waals surface area contributed by atoms with Crippen molar-refractivity contribution in [2.24, 2.45) is 11.8 Å². The largest absolute Gasteiger partial charge is 0.762 e. The van der Waals surface area contributed by atoms with Gasteiger partial charge in [-0.3, -0.25) is 22.7 Å². The minimum atomic E-state index is -3.67. The van der Waals surface area contributed by atoms with E-state index in [9.17, 15) is 41.7 Å². The fraction of sp³-hybridized carbons (Fsp3) is 0.619. The quantitative estimate of drug-likeness (QED) is 0.182. The second-order valence-corrected chi connectivity index (χ2v) is 24.3. The molecule has 2 aliphatic heterocycles. The molecule has 352 valence electrons. The maximum atomic E-state index is 14.2. The van der Waals surface area contributed by atoms with Crippen molar-refractivity contribution in [1.29, 1.82) is 10.5 Å². The van der Waals surface area contributed by atoms with Gasteiger partial charge in [-0.05, 0) is 116 Å². The lowest BCUT2D eigenvalue weighted by molar-refractivity contribution is -0.0235. The van der Waals surface area contributed by atoms with Gasteiger partial charge in [0.1, 0.15) is 35.1 Å². The van der Waals surface area contributed by atoms with Crippen LogP contribution in [-0.4, -0.2) is 97.8 Å². The standard InChI is InChI=1S/C17H18ClFN2O2.C16H19ClFNO3.C4H9NSi.C4H10O.CH2Cl2.BF3/c1-16(2,3)23-15(22)21-9-17(7-12(17)14(21)8-20)11-6-10(18)4-5-13(11)19;1-15(2,3)22-14(21)19-8-16(7-11(16)13(19)20)10-6-9(17)4-5-12(10)18;1-6(2,3)4-5;1-3-5-4-2;2-1-3;2-1(3)4/h4-6,12,14H,7,9H2,1-3H3;4-6,11,13,20H,7-8H2,1-3H3;1-3H3;3-4H2,1-2H3;1H2;/t12-,14?,17+;11-,13?,16+;;;;/m00..../s1. The van der Waals surface area contributed by atoms with E-state index >= 15 is 0 Å². The van der Waals surface area contributed by atoms with Gasteiger partial charge in [0.25, 0.3) is 0 Å². The van der Waals surface area contributed by atoms with Crippen LogP contribution in [0, 0.1) is 45.8 Å². The number of hydrogen-bond acceptors (Lipinski definition) is 8. The molecule has 0 aromatic heterocycles. The molecule has 2 saturated carbocycles. The Morgan fingerprint density at radius 2 is 1.16 bits per heavy atom. The summed E-state index contributed by atoms with van der Waals surface area (Å²) < 4.78 is 72.9. The molecule has 0 radical (unpaired) electrons. The molecule has 2 saturated heterocycles. The number of aliphatic hydroxyl groups excluding tert-OH is 1. The number of nitrogens with zero attached hydrogens (tertiary/aromatic N) is 4.